The van der Waals surface area contributed by atoms with E-state index in [4.69, 9.17) is 25.5 Å². The number of nitrogens with one attached hydrogen (secondary N) is 1. The van der Waals surface area contributed by atoms with E-state index in [9.17, 15) is 9.59 Å². The van der Waals surface area contributed by atoms with Crippen LogP contribution in [0.15, 0.2) is 105 Å². The van der Waals surface area contributed by atoms with Crippen LogP contribution in [0.5, 0.6) is 11.5 Å². The fourth-order valence-corrected chi connectivity index (χ4v) is 5.18. The van der Waals surface area contributed by atoms with Crippen molar-refractivity contribution in [3.05, 3.63) is 118 Å². The van der Waals surface area contributed by atoms with Gasteiger partial charge in [0.2, 0.25) is 0 Å². The van der Waals surface area contributed by atoms with Gasteiger partial charge in [-0.25, -0.2) is 0 Å². The van der Waals surface area contributed by atoms with Crippen LogP contribution in [0.2, 0.25) is 5.02 Å². The molecule has 5 rings (SSSR count). The third-order valence-electron chi connectivity index (χ3n) is 6.21. The molecule has 1 saturated heterocycles. The molecule has 43 heavy (non-hydrogen) atoms. The SMILES string of the molecule is COc1ccccc1/C=N/N=C1\S/C(=C\c2cc(Cl)ccc2OCC(=O)Nc2ccc(C)cc2)C(=O)N1Cc1ccco1. The van der Waals surface area contributed by atoms with Crippen LogP contribution in [0.25, 0.3) is 6.08 Å². The van der Waals surface area contributed by atoms with E-state index in [1.807, 2.05) is 55.5 Å². The maximum Gasteiger partial charge on any atom is 0.267 e. The molecule has 1 N–H and O–H groups in total. The lowest BCUT2D eigenvalue weighted by molar-refractivity contribution is -0.122. The minimum Gasteiger partial charge on any atom is -0.496 e. The van der Waals surface area contributed by atoms with Crippen molar-refractivity contribution in [2.45, 2.75) is 13.5 Å². The summed E-state index contributed by atoms with van der Waals surface area (Å²) in [6, 6.07) is 23.4. The van der Waals surface area contributed by atoms with Crippen molar-refractivity contribution in [2.75, 3.05) is 19.0 Å². The fraction of sp³-hybridized carbons (Fsp3) is 0.125. The van der Waals surface area contributed by atoms with Gasteiger partial charge in [0.05, 0.1) is 31.0 Å². The highest BCUT2D eigenvalue weighted by Crippen LogP contribution is 2.36. The number of benzene rings is 3. The molecule has 2 amide bonds. The van der Waals surface area contributed by atoms with Crippen molar-refractivity contribution in [2.24, 2.45) is 10.2 Å². The number of methoxy groups -OCH3 is 1. The molecule has 1 fully saturated rings. The van der Waals surface area contributed by atoms with Crippen molar-refractivity contribution >= 4 is 58.3 Å². The lowest BCUT2D eigenvalue weighted by Crippen LogP contribution is -2.28. The molecule has 218 valence electrons. The minimum atomic E-state index is -0.323. The van der Waals surface area contributed by atoms with Crippen LogP contribution < -0.4 is 14.8 Å². The molecule has 0 spiro atoms. The number of halogens is 1. The van der Waals surface area contributed by atoms with Crippen molar-refractivity contribution in [3.8, 4) is 11.5 Å². The van der Waals surface area contributed by atoms with E-state index in [1.54, 1.807) is 56.0 Å². The zero-order valence-electron chi connectivity index (χ0n) is 23.3. The molecule has 0 atom stereocenters. The van der Waals surface area contributed by atoms with Gasteiger partial charge in [-0.2, -0.15) is 5.10 Å². The molecule has 0 saturated carbocycles. The number of nitrogens with zero attached hydrogens (tertiary/aromatic N) is 3. The summed E-state index contributed by atoms with van der Waals surface area (Å²) >= 11 is 7.45. The first-order valence-electron chi connectivity index (χ1n) is 13.2. The lowest BCUT2D eigenvalue weighted by atomic mass is 10.2. The number of hydrogen-bond donors (Lipinski definition) is 1. The maximum absolute atomic E-state index is 13.6. The largest absolute Gasteiger partial charge is 0.496 e. The Bertz CT molecular complexity index is 1700. The quantitative estimate of drug-likeness (QED) is 0.120. The lowest BCUT2D eigenvalue weighted by Gasteiger charge is -2.13. The van der Waals surface area contributed by atoms with E-state index in [2.05, 4.69) is 15.5 Å². The Morgan fingerprint density at radius 1 is 1.05 bits per heavy atom. The third-order valence-corrected chi connectivity index (χ3v) is 7.45. The predicted octanol–water partition coefficient (Wildman–Crippen LogP) is 6.77. The highest BCUT2D eigenvalue weighted by molar-refractivity contribution is 8.18. The van der Waals surface area contributed by atoms with Gasteiger partial charge in [0.1, 0.15) is 17.3 Å². The van der Waals surface area contributed by atoms with Gasteiger partial charge in [0, 0.05) is 21.8 Å². The predicted molar refractivity (Wildman–Crippen MR) is 170 cm³/mol. The highest BCUT2D eigenvalue weighted by Gasteiger charge is 2.34. The van der Waals surface area contributed by atoms with E-state index >= 15 is 0 Å². The maximum atomic E-state index is 13.6. The Balaban J connectivity index is 1.37. The summed E-state index contributed by atoms with van der Waals surface area (Å²) in [5.74, 6) is 1.01. The van der Waals surface area contributed by atoms with Crippen molar-refractivity contribution < 1.29 is 23.5 Å². The van der Waals surface area contributed by atoms with Gasteiger partial charge in [-0.3, -0.25) is 14.5 Å². The number of para-hydroxylation sites is 1. The second-order valence-corrected chi connectivity index (χ2v) is 10.8. The van der Waals surface area contributed by atoms with E-state index in [-0.39, 0.29) is 25.0 Å². The molecule has 1 aliphatic heterocycles. The molecular weight excluding hydrogens is 588 g/mol. The number of aryl methyl sites for hydroxylation is 1. The Morgan fingerprint density at radius 2 is 1.86 bits per heavy atom. The average Bonchev–Trinajstić information content (AvgIpc) is 3.62. The molecule has 0 bridgehead atoms. The van der Waals surface area contributed by atoms with Crippen molar-refractivity contribution in [1.82, 2.24) is 4.90 Å². The normalized spacial score (nSPS) is 15.0. The zero-order valence-corrected chi connectivity index (χ0v) is 24.9. The van der Waals surface area contributed by atoms with E-state index in [0.29, 0.717) is 43.6 Å². The van der Waals surface area contributed by atoms with Crippen LogP contribution in [0.4, 0.5) is 5.69 Å². The number of carbonyl (C=O) groups excluding carboxylic acids is 2. The number of carbonyl (C=O) groups is 2. The molecule has 1 aliphatic rings. The summed E-state index contributed by atoms with van der Waals surface area (Å²) in [4.78, 5) is 28.0. The van der Waals surface area contributed by atoms with E-state index in [1.165, 1.54) is 4.90 Å². The first kappa shape index (κ1) is 29.7. The summed E-state index contributed by atoms with van der Waals surface area (Å²) < 4.78 is 16.7. The molecule has 11 heteroatoms. The molecular formula is C32H27ClN4O5S. The first-order chi connectivity index (χ1) is 20.9. The van der Waals surface area contributed by atoms with Crippen LogP contribution in [0.1, 0.15) is 22.5 Å². The van der Waals surface area contributed by atoms with Gasteiger partial charge < -0.3 is 19.2 Å². The van der Waals surface area contributed by atoms with Crippen LogP contribution in [-0.2, 0) is 16.1 Å². The van der Waals surface area contributed by atoms with Gasteiger partial charge in [0.25, 0.3) is 11.8 Å². The van der Waals surface area contributed by atoms with E-state index < -0.39 is 0 Å². The average molecular weight is 615 g/mol. The number of furan rings is 1. The van der Waals surface area contributed by atoms with Gasteiger partial charge in [0.15, 0.2) is 11.8 Å². The topological polar surface area (TPSA) is 106 Å². The van der Waals surface area contributed by atoms with Crippen molar-refractivity contribution in [1.29, 1.82) is 0 Å². The first-order valence-corrected chi connectivity index (χ1v) is 14.4. The van der Waals surface area contributed by atoms with Crippen LogP contribution >= 0.6 is 23.4 Å². The number of thioether (sulfide) groups is 1. The molecule has 0 unspecified atom stereocenters. The number of amides is 2. The van der Waals surface area contributed by atoms with Crippen molar-refractivity contribution in [3.63, 3.8) is 0 Å². The molecule has 2 heterocycles. The molecule has 0 aliphatic carbocycles. The summed E-state index contributed by atoms with van der Waals surface area (Å²) in [7, 11) is 1.58. The third kappa shape index (κ3) is 7.73. The highest BCUT2D eigenvalue weighted by atomic mass is 35.5. The molecule has 4 aromatic rings. The number of amidine groups is 1. The Kier molecular flexibility index (Phi) is 9.60. The Hall–Kier alpha value is -4.80. The second kappa shape index (κ2) is 13.9. The molecule has 0 radical (unpaired) electrons. The summed E-state index contributed by atoms with van der Waals surface area (Å²) in [5, 5.41) is 12.2. The van der Waals surface area contributed by atoms with Gasteiger partial charge >= 0.3 is 0 Å². The molecule has 1 aromatic heterocycles. The van der Waals surface area contributed by atoms with Gasteiger partial charge in [-0.05, 0) is 79.4 Å². The fourth-order valence-electron chi connectivity index (χ4n) is 4.08. The summed E-state index contributed by atoms with van der Waals surface area (Å²) in [6.07, 6.45) is 4.77. The minimum absolute atomic E-state index is 0.164. The monoisotopic (exact) mass is 614 g/mol. The zero-order chi connectivity index (χ0) is 30.2. The van der Waals surface area contributed by atoms with E-state index in [0.717, 1.165) is 22.9 Å². The van der Waals surface area contributed by atoms with Crippen LogP contribution in [0.3, 0.4) is 0 Å². The van der Waals surface area contributed by atoms with Gasteiger partial charge in [-0.1, -0.05) is 41.4 Å². The second-order valence-electron chi connectivity index (χ2n) is 9.34. The summed E-state index contributed by atoms with van der Waals surface area (Å²) in [6.45, 7) is 1.90. The standard InChI is InChI=1S/C32H27ClN4O5S/c1-21-9-12-25(13-10-21)35-30(38)20-42-28-14-11-24(33)16-23(28)17-29-31(39)37(19-26-7-5-15-41-26)32(43-29)36-34-18-22-6-3-4-8-27(22)40-2/h3-18H,19-20H2,1-2H3,(H,35,38)/b29-17-,34-18+,36-32-. The number of ether oxygens (including phenoxy) is 2. The van der Waals surface area contributed by atoms with Crippen LogP contribution in [0, 0.1) is 6.92 Å². The van der Waals surface area contributed by atoms with Crippen LogP contribution in [-0.4, -0.2) is 41.8 Å². The summed E-state index contributed by atoms with van der Waals surface area (Å²) in [5.41, 5.74) is 3.03. The molecule has 3 aromatic carbocycles. The Morgan fingerprint density at radius 3 is 2.63 bits per heavy atom. The number of hydrogen-bond acceptors (Lipinski definition) is 8. The number of rotatable bonds is 10. The van der Waals surface area contributed by atoms with Gasteiger partial charge in [-0.15, -0.1) is 5.10 Å². The molecule has 9 nitrogen and oxygen atoms in total. The smallest absolute Gasteiger partial charge is 0.267 e. The Labute approximate surface area is 257 Å². The number of anilines is 1.